The largest absolute Gasteiger partial charge is 0.296 e. The number of aromatic nitrogens is 2. The van der Waals surface area contributed by atoms with Gasteiger partial charge in [-0.15, -0.1) is 23.5 Å². The molecule has 1 atom stereocenters. The standard InChI is InChI=1S/C14H9Cl2N3S2/c15-9-1-2-10(11(16)5-9)13-7-20-14(21-13)12(6-17)19-4-3-18-8-19/h1-5,8,13H,7H2/b14-12+. The Bertz CT molecular complexity index is 735. The van der Waals surface area contributed by atoms with Crippen molar-refractivity contribution in [1.82, 2.24) is 9.55 Å². The Morgan fingerprint density at radius 1 is 1.43 bits per heavy atom. The molecule has 1 aromatic heterocycles. The first-order valence-corrected chi connectivity index (χ1v) is 8.68. The van der Waals surface area contributed by atoms with Gasteiger partial charge in [0.05, 0.1) is 10.6 Å². The summed E-state index contributed by atoms with van der Waals surface area (Å²) in [5, 5.41) is 10.9. The molecule has 1 fully saturated rings. The summed E-state index contributed by atoms with van der Waals surface area (Å²) in [6, 6.07) is 7.80. The zero-order valence-electron chi connectivity index (χ0n) is 10.7. The summed E-state index contributed by atoms with van der Waals surface area (Å²) < 4.78 is 2.73. The molecule has 0 bridgehead atoms. The summed E-state index contributed by atoms with van der Waals surface area (Å²) in [7, 11) is 0. The molecule has 0 radical (unpaired) electrons. The number of benzene rings is 1. The average molecular weight is 354 g/mol. The monoisotopic (exact) mass is 353 g/mol. The topological polar surface area (TPSA) is 41.6 Å². The molecule has 3 nitrogen and oxygen atoms in total. The molecule has 21 heavy (non-hydrogen) atoms. The van der Waals surface area contributed by atoms with E-state index in [1.807, 2.05) is 12.1 Å². The molecule has 7 heteroatoms. The number of hydrogen-bond donors (Lipinski definition) is 0. The minimum absolute atomic E-state index is 0.224. The van der Waals surface area contributed by atoms with Gasteiger partial charge in [0.25, 0.3) is 0 Å². The zero-order valence-corrected chi connectivity index (χ0v) is 13.8. The highest BCUT2D eigenvalue weighted by molar-refractivity contribution is 8.25. The molecule has 3 rings (SSSR count). The molecule has 0 N–H and O–H groups in total. The van der Waals surface area contributed by atoms with Crippen LogP contribution >= 0.6 is 46.7 Å². The lowest BCUT2D eigenvalue weighted by molar-refractivity contribution is 1.10. The quantitative estimate of drug-likeness (QED) is 0.707. The molecule has 1 unspecified atom stereocenters. The lowest BCUT2D eigenvalue weighted by Crippen LogP contribution is -1.93. The maximum absolute atomic E-state index is 9.38. The Hall–Kier alpha value is -1.06. The van der Waals surface area contributed by atoms with E-state index in [0.29, 0.717) is 15.7 Å². The van der Waals surface area contributed by atoms with Crippen LogP contribution in [0.4, 0.5) is 0 Å². The van der Waals surface area contributed by atoms with E-state index >= 15 is 0 Å². The van der Waals surface area contributed by atoms with Crippen molar-refractivity contribution < 1.29 is 0 Å². The zero-order chi connectivity index (χ0) is 14.8. The molecule has 106 valence electrons. The molecular formula is C14H9Cl2N3S2. The van der Waals surface area contributed by atoms with Crippen LogP contribution in [-0.4, -0.2) is 15.3 Å². The number of allylic oxidation sites excluding steroid dienone is 1. The molecule has 1 aromatic carbocycles. The Labute approximate surface area is 141 Å². The number of hydrogen-bond acceptors (Lipinski definition) is 4. The van der Waals surface area contributed by atoms with Gasteiger partial charge in [-0.3, -0.25) is 4.57 Å². The fourth-order valence-electron chi connectivity index (χ4n) is 1.99. The van der Waals surface area contributed by atoms with Crippen LogP contribution in [0.5, 0.6) is 0 Å². The summed E-state index contributed by atoms with van der Waals surface area (Å²) in [6.45, 7) is 0. The summed E-state index contributed by atoms with van der Waals surface area (Å²) >= 11 is 15.5. The third-order valence-corrected chi connectivity index (χ3v) is 6.47. The van der Waals surface area contributed by atoms with E-state index in [4.69, 9.17) is 23.2 Å². The van der Waals surface area contributed by atoms with Gasteiger partial charge in [0, 0.05) is 33.4 Å². The average Bonchev–Trinajstić information content (AvgIpc) is 3.12. The molecule has 0 spiro atoms. The van der Waals surface area contributed by atoms with E-state index < -0.39 is 0 Å². The predicted octanol–water partition coefficient (Wildman–Crippen LogP) is 5.06. The van der Waals surface area contributed by atoms with Crippen LogP contribution in [0.1, 0.15) is 10.8 Å². The van der Waals surface area contributed by atoms with Gasteiger partial charge in [-0.25, -0.2) is 4.98 Å². The van der Waals surface area contributed by atoms with E-state index in [1.165, 1.54) is 0 Å². The molecule has 2 heterocycles. The first kappa shape index (κ1) is 14.9. The number of nitriles is 1. The second-order valence-electron chi connectivity index (χ2n) is 4.30. The Kier molecular flexibility index (Phi) is 4.51. The minimum atomic E-state index is 0.224. The third kappa shape index (κ3) is 3.09. The highest BCUT2D eigenvalue weighted by atomic mass is 35.5. The van der Waals surface area contributed by atoms with Crippen LogP contribution in [-0.2, 0) is 0 Å². The summed E-state index contributed by atoms with van der Waals surface area (Å²) in [4.78, 5) is 3.99. The maximum Gasteiger partial charge on any atom is 0.145 e. The Balaban J connectivity index is 1.90. The molecule has 1 aliphatic heterocycles. The normalized spacial score (nSPS) is 20.3. The van der Waals surface area contributed by atoms with Gasteiger partial charge in [-0.1, -0.05) is 29.3 Å². The van der Waals surface area contributed by atoms with E-state index in [0.717, 1.165) is 15.6 Å². The van der Waals surface area contributed by atoms with E-state index in [1.54, 1.807) is 52.9 Å². The van der Waals surface area contributed by atoms with Crippen molar-refractivity contribution in [3.63, 3.8) is 0 Å². The van der Waals surface area contributed by atoms with Crippen LogP contribution < -0.4 is 0 Å². The summed E-state index contributed by atoms with van der Waals surface area (Å²) in [5.74, 6) is 0.876. The van der Waals surface area contributed by atoms with Crippen molar-refractivity contribution in [3.05, 3.63) is 56.8 Å². The minimum Gasteiger partial charge on any atom is -0.296 e. The molecule has 0 saturated carbocycles. The van der Waals surface area contributed by atoms with Gasteiger partial charge in [0.2, 0.25) is 0 Å². The van der Waals surface area contributed by atoms with Crippen molar-refractivity contribution in [1.29, 1.82) is 5.26 Å². The van der Waals surface area contributed by atoms with Crippen LogP contribution in [0.2, 0.25) is 10.0 Å². The molecule has 0 aliphatic carbocycles. The maximum atomic E-state index is 9.38. The number of halogens is 2. The van der Waals surface area contributed by atoms with Crippen LogP contribution in [0.3, 0.4) is 0 Å². The highest BCUT2D eigenvalue weighted by Gasteiger charge is 2.27. The second-order valence-corrected chi connectivity index (χ2v) is 7.65. The predicted molar refractivity (Wildman–Crippen MR) is 90.3 cm³/mol. The fourth-order valence-corrected chi connectivity index (χ4v) is 5.52. The smallest absolute Gasteiger partial charge is 0.145 e. The Morgan fingerprint density at radius 3 is 2.95 bits per heavy atom. The molecule has 1 saturated heterocycles. The third-order valence-electron chi connectivity index (χ3n) is 2.99. The SMILES string of the molecule is N#C/C(=C1/SCC(c2ccc(Cl)cc2Cl)S1)n1ccnc1. The van der Waals surface area contributed by atoms with Gasteiger partial charge < -0.3 is 0 Å². The first-order chi connectivity index (χ1) is 10.2. The van der Waals surface area contributed by atoms with E-state index in [9.17, 15) is 5.26 Å². The lowest BCUT2D eigenvalue weighted by Gasteiger charge is -2.10. The van der Waals surface area contributed by atoms with Crippen LogP contribution in [0.15, 0.2) is 41.2 Å². The van der Waals surface area contributed by atoms with Crippen molar-refractivity contribution >= 4 is 52.4 Å². The van der Waals surface area contributed by atoms with Crippen molar-refractivity contribution in [2.45, 2.75) is 5.25 Å². The fraction of sp³-hybridized carbons (Fsp3) is 0.143. The lowest BCUT2D eigenvalue weighted by atomic mass is 10.2. The van der Waals surface area contributed by atoms with Crippen molar-refractivity contribution in [2.75, 3.05) is 5.75 Å². The first-order valence-electron chi connectivity index (χ1n) is 6.06. The van der Waals surface area contributed by atoms with Crippen molar-refractivity contribution in [3.8, 4) is 6.07 Å². The molecule has 1 aliphatic rings. The molecular weight excluding hydrogens is 345 g/mol. The van der Waals surface area contributed by atoms with Gasteiger partial charge in [-0.2, -0.15) is 5.26 Å². The Morgan fingerprint density at radius 2 is 2.29 bits per heavy atom. The second kappa shape index (κ2) is 6.37. The summed E-state index contributed by atoms with van der Waals surface area (Å²) in [6.07, 6.45) is 5.07. The number of rotatable bonds is 2. The van der Waals surface area contributed by atoms with Gasteiger partial charge >= 0.3 is 0 Å². The van der Waals surface area contributed by atoms with Crippen LogP contribution in [0, 0.1) is 11.3 Å². The van der Waals surface area contributed by atoms with Gasteiger partial charge in [-0.05, 0) is 17.7 Å². The highest BCUT2D eigenvalue weighted by Crippen LogP contribution is 2.53. The number of nitrogens with zero attached hydrogens (tertiary/aromatic N) is 3. The van der Waals surface area contributed by atoms with E-state index in [-0.39, 0.29) is 5.25 Å². The van der Waals surface area contributed by atoms with Crippen molar-refractivity contribution in [2.24, 2.45) is 0 Å². The number of imidazole rings is 1. The molecule has 0 amide bonds. The molecule has 2 aromatic rings. The van der Waals surface area contributed by atoms with Crippen LogP contribution in [0.25, 0.3) is 5.70 Å². The van der Waals surface area contributed by atoms with Gasteiger partial charge in [0.1, 0.15) is 11.8 Å². The van der Waals surface area contributed by atoms with Gasteiger partial charge in [0.15, 0.2) is 0 Å². The number of thioether (sulfide) groups is 2. The van der Waals surface area contributed by atoms with E-state index in [2.05, 4.69) is 11.1 Å². The summed E-state index contributed by atoms with van der Waals surface area (Å²) in [5.41, 5.74) is 1.66.